The van der Waals surface area contributed by atoms with E-state index in [-0.39, 0.29) is 37.2 Å². The van der Waals surface area contributed by atoms with Gasteiger partial charge in [0.15, 0.2) is 0 Å². The summed E-state index contributed by atoms with van der Waals surface area (Å²) >= 11 is 0. The molecule has 1 aliphatic heterocycles. The maximum absolute atomic E-state index is 13.8. The Morgan fingerprint density at radius 3 is 2.61 bits per heavy atom. The van der Waals surface area contributed by atoms with Gasteiger partial charge in [0.1, 0.15) is 30.1 Å². The number of nitrogens with zero attached hydrogens (tertiary/aromatic N) is 3. The topological polar surface area (TPSA) is 67.6 Å². The van der Waals surface area contributed by atoms with Crippen LogP contribution in [0, 0.1) is 5.82 Å². The fourth-order valence-corrected chi connectivity index (χ4v) is 4.78. The third kappa shape index (κ3) is 4.97. The molecule has 186 valence electrons. The van der Waals surface area contributed by atoms with Gasteiger partial charge in [-0.3, -0.25) is 4.79 Å². The third-order valence-corrected chi connectivity index (χ3v) is 6.68. The predicted octanol–water partition coefficient (Wildman–Crippen LogP) is 5.26. The highest BCUT2D eigenvalue weighted by Crippen LogP contribution is 2.33. The predicted molar refractivity (Wildman–Crippen MR) is 138 cm³/mol. The molecule has 1 aromatic heterocycles. The van der Waals surface area contributed by atoms with E-state index < -0.39 is 6.10 Å². The molecule has 1 amide bonds. The molecule has 1 saturated heterocycles. The van der Waals surface area contributed by atoms with Crippen LogP contribution in [-0.4, -0.2) is 39.8 Å². The number of ether oxygens (including phenoxy) is 1. The van der Waals surface area contributed by atoms with E-state index in [9.17, 15) is 14.3 Å². The van der Waals surface area contributed by atoms with Crippen LogP contribution >= 0.6 is 0 Å². The zero-order chi connectivity index (χ0) is 25.2. The van der Waals surface area contributed by atoms with Gasteiger partial charge >= 0.3 is 0 Å². The van der Waals surface area contributed by atoms with Crippen molar-refractivity contribution in [2.75, 3.05) is 18.1 Å². The summed E-state index contributed by atoms with van der Waals surface area (Å²) in [5.74, 6) is 1.27. The Morgan fingerprint density at radius 2 is 1.86 bits per heavy atom. The number of anilines is 1. The molecule has 2 heterocycles. The number of aliphatic hydroxyl groups is 1. The fraction of sp³-hybridized carbons (Fsp3) is 0.310. The van der Waals surface area contributed by atoms with E-state index in [1.165, 1.54) is 17.7 Å². The minimum Gasteiger partial charge on any atom is -0.491 e. The number of aromatic nitrogens is 2. The summed E-state index contributed by atoms with van der Waals surface area (Å²) in [7, 11) is 0. The standard InChI is InChI=1S/C29H30FN3O3/c1-19(2)20-10-12-25(13-11-20)36-18-24(34)17-33-27-9-4-3-8-26(27)31-29(33)21-14-28(35)32(16-21)23-7-5-6-22(30)15-23/h3-13,15,19,21,24,34H,14,16-18H2,1-2H3. The summed E-state index contributed by atoms with van der Waals surface area (Å²) in [6.45, 7) is 5.10. The Labute approximate surface area is 210 Å². The van der Waals surface area contributed by atoms with Gasteiger partial charge < -0.3 is 19.3 Å². The van der Waals surface area contributed by atoms with Gasteiger partial charge in [0.25, 0.3) is 0 Å². The molecule has 2 unspecified atom stereocenters. The molecule has 0 aliphatic carbocycles. The number of imidazole rings is 1. The van der Waals surface area contributed by atoms with Crippen LogP contribution in [0.3, 0.4) is 0 Å². The van der Waals surface area contributed by atoms with E-state index in [4.69, 9.17) is 9.72 Å². The van der Waals surface area contributed by atoms with Crippen LogP contribution in [0.5, 0.6) is 5.75 Å². The van der Waals surface area contributed by atoms with Crippen molar-refractivity contribution in [1.29, 1.82) is 0 Å². The number of amides is 1. The maximum atomic E-state index is 13.8. The Bertz CT molecular complexity index is 1370. The Balaban J connectivity index is 1.34. The van der Waals surface area contributed by atoms with Crippen molar-refractivity contribution in [3.05, 3.63) is 90.0 Å². The second-order valence-corrected chi connectivity index (χ2v) is 9.64. The molecule has 1 N–H and O–H groups in total. The number of halogens is 1. The summed E-state index contributed by atoms with van der Waals surface area (Å²) < 4.78 is 21.6. The van der Waals surface area contributed by atoms with Crippen molar-refractivity contribution < 1.29 is 19.0 Å². The lowest BCUT2D eigenvalue weighted by atomic mass is 10.0. The van der Waals surface area contributed by atoms with Crippen LogP contribution in [0.1, 0.15) is 43.5 Å². The molecule has 5 rings (SSSR count). The summed E-state index contributed by atoms with van der Waals surface area (Å²) in [6, 6.07) is 21.7. The molecule has 36 heavy (non-hydrogen) atoms. The van der Waals surface area contributed by atoms with Crippen molar-refractivity contribution in [2.45, 2.75) is 44.8 Å². The summed E-state index contributed by atoms with van der Waals surface area (Å²) in [6.07, 6.45) is -0.503. The number of hydrogen-bond acceptors (Lipinski definition) is 4. The first-order valence-electron chi connectivity index (χ1n) is 12.3. The number of para-hydroxylation sites is 2. The van der Waals surface area contributed by atoms with Crippen LogP contribution in [0.25, 0.3) is 11.0 Å². The molecule has 0 radical (unpaired) electrons. The highest BCUT2D eigenvalue weighted by Gasteiger charge is 2.35. The molecule has 1 fully saturated rings. The van der Waals surface area contributed by atoms with Gasteiger partial charge in [0.2, 0.25) is 5.91 Å². The Hall–Kier alpha value is -3.71. The van der Waals surface area contributed by atoms with Gasteiger partial charge in [-0.2, -0.15) is 0 Å². The number of carbonyl (C=O) groups excluding carboxylic acids is 1. The molecule has 1 aliphatic rings. The molecule has 3 aromatic carbocycles. The normalized spacial score (nSPS) is 16.8. The van der Waals surface area contributed by atoms with E-state index >= 15 is 0 Å². The van der Waals surface area contributed by atoms with E-state index in [0.717, 1.165) is 16.9 Å². The van der Waals surface area contributed by atoms with E-state index in [0.29, 0.717) is 23.9 Å². The van der Waals surface area contributed by atoms with Gasteiger partial charge in [0.05, 0.1) is 17.6 Å². The first-order chi connectivity index (χ1) is 17.4. The lowest BCUT2D eigenvalue weighted by Gasteiger charge is -2.19. The third-order valence-electron chi connectivity index (χ3n) is 6.68. The van der Waals surface area contributed by atoms with Crippen LogP contribution in [0.4, 0.5) is 10.1 Å². The summed E-state index contributed by atoms with van der Waals surface area (Å²) in [5.41, 5.74) is 3.48. The minimum absolute atomic E-state index is 0.0714. The molecule has 4 aromatic rings. The Morgan fingerprint density at radius 1 is 1.08 bits per heavy atom. The smallest absolute Gasteiger partial charge is 0.227 e. The van der Waals surface area contributed by atoms with Crippen LogP contribution in [0.15, 0.2) is 72.8 Å². The number of benzene rings is 3. The number of carbonyl (C=O) groups is 1. The van der Waals surface area contributed by atoms with Crippen LogP contribution < -0.4 is 9.64 Å². The van der Waals surface area contributed by atoms with Crippen molar-refractivity contribution in [2.24, 2.45) is 0 Å². The first-order valence-corrected chi connectivity index (χ1v) is 12.3. The van der Waals surface area contributed by atoms with Crippen LogP contribution in [-0.2, 0) is 11.3 Å². The molecular formula is C29H30FN3O3. The number of aliphatic hydroxyl groups excluding tert-OH is 1. The van der Waals surface area contributed by atoms with Crippen molar-refractivity contribution in [3.63, 3.8) is 0 Å². The van der Waals surface area contributed by atoms with Crippen molar-refractivity contribution >= 4 is 22.6 Å². The Kier molecular flexibility index (Phi) is 6.74. The molecule has 0 saturated carbocycles. The maximum Gasteiger partial charge on any atom is 0.227 e. The lowest BCUT2D eigenvalue weighted by Crippen LogP contribution is -2.26. The monoisotopic (exact) mass is 487 g/mol. The second kappa shape index (κ2) is 10.1. The molecule has 7 heteroatoms. The summed E-state index contributed by atoms with van der Waals surface area (Å²) in [4.78, 5) is 19.3. The van der Waals surface area contributed by atoms with Gasteiger partial charge in [-0.25, -0.2) is 9.37 Å². The first kappa shape index (κ1) is 24.0. The van der Waals surface area contributed by atoms with Crippen molar-refractivity contribution in [3.8, 4) is 5.75 Å². The lowest BCUT2D eigenvalue weighted by molar-refractivity contribution is -0.117. The van der Waals surface area contributed by atoms with E-state index in [1.807, 2.05) is 53.1 Å². The van der Waals surface area contributed by atoms with Gasteiger partial charge in [-0.15, -0.1) is 0 Å². The molecule has 0 bridgehead atoms. The largest absolute Gasteiger partial charge is 0.491 e. The molecule has 2 atom stereocenters. The number of fused-ring (bicyclic) bond motifs is 1. The quantitative estimate of drug-likeness (QED) is 0.368. The molecule has 6 nitrogen and oxygen atoms in total. The van der Waals surface area contributed by atoms with Gasteiger partial charge in [-0.1, -0.05) is 44.2 Å². The molecule has 0 spiro atoms. The highest BCUT2D eigenvalue weighted by atomic mass is 19.1. The average molecular weight is 488 g/mol. The van der Waals surface area contributed by atoms with Gasteiger partial charge in [0, 0.05) is 24.6 Å². The number of rotatable bonds is 8. The SMILES string of the molecule is CC(C)c1ccc(OCC(O)Cn2c(C3CC(=O)N(c4cccc(F)c4)C3)nc3ccccc32)cc1. The average Bonchev–Trinajstić information content (AvgIpc) is 3.43. The second-order valence-electron chi connectivity index (χ2n) is 9.64. The zero-order valence-corrected chi connectivity index (χ0v) is 20.5. The minimum atomic E-state index is -0.775. The van der Waals surface area contributed by atoms with Crippen LogP contribution in [0.2, 0.25) is 0 Å². The van der Waals surface area contributed by atoms with E-state index in [1.54, 1.807) is 17.0 Å². The fourth-order valence-electron chi connectivity index (χ4n) is 4.78. The zero-order valence-electron chi connectivity index (χ0n) is 20.5. The number of hydrogen-bond donors (Lipinski definition) is 1. The van der Waals surface area contributed by atoms with Gasteiger partial charge in [-0.05, 0) is 53.9 Å². The summed E-state index contributed by atoms with van der Waals surface area (Å²) in [5, 5.41) is 10.9. The molecular weight excluding hydrogens is 457 g/mol. The van der Waals surface area contributed by atoms with E-state index in [2.05, 4.69) is 13.8 Å². The highest BCUT2D eigenvalue weighted by molar-refractivity contribution is 5.96. The van der Waals surface area contributed by atoms with Crippen molar-refractivity contribution in [1.82, 2.24) is 9.55 Å².